The van der Waals surface area contributed by atoms with Gasteiger partial charge < -0.3 is 14.9 Å². The number of hydrogen-bond acceptors (Lipinski definition) is 6. The lowest BCUT2D eigenvalue weighted by Crippen LogP contribution is -2.30. The van der Waals surface area contributed by atoms with Crippen molar-refractivity contribution >= 4 is 11.9 Å². The maximum atomic E-state index is 12.4. The minimum Gasteiger partial charge on any atom is -0.462 e. The number of carbonyl (C=O) groups excluding carboxylic acids is 2. The molecule has 34 heavy (non-hydrogen) atoms. The van der Waals surface area contributed by atoms with E-state index in [-0.39, 0.29) is 0 Å². The second-order valence-corrected chi connectivity index (χ2v) is 8.62. The quantitative estimate of drug-likeness (QED) is 0.205. The van der Waals surface area contributed by atoms with Crippen LogP contribution in [0.15, 0.2) is 36.5 Å². The Labute approximate surface area is 206 Å². The molecule has 1 aromatic carbocycles. The fourth-order valence-corrected chi connectivity index (χ4v) is 3.52. The normalized spacial score (nSPS) is 12.3. The maximum absolute atomic E-state index is 12.4. The second-order valence-electron chi connectivity index (χ2n) is 8.62. The smallest absolute Gasteiger partial charge is 0.339 e. The molecule has 0 bridgehead atoms. The molecule has 2 N–H and O–H groups in total. The summed E-state index contributed by atoms with van der Waals surface area (Å²) in [7, 11) is 0. The molecule has 0 unspecified atom stereocenters. The van der Waals surface area contributed by atoms with E-state index in [9.17, 15) is 9.59 Å². The summed E-state index contributed by atoms with van der Waals surface area (Å²) in [5, 5.41) is 0. The van der Waals surface area contributed by atoms with Crippen molar-refractivity contribution in [1.29, 1.82) is 0 Å². The average Bonchev–Trinajstić information content (AvgIpc) is 2.88. The molecule has 192 valence electrons. The Hall–Kier alpha value is -2.34. The van der Waals surface area contributed by atoms with Crippen molar-refractivity contribution in [2.24, 2.45) is 0 Å². The van der Waals surface area contributed by atoms with Crippen molar-refractivity contribution in [3.8, 4) is 0 Å². The lowest BCUT2D eigenvalue weighted by atomic mass is 10.1. The summed E-state index contributed by atoms with van der Waals surface area (Å²) in [4.78, 5) is 24.7. The van der Waals surface area contributed by atoms with Crippen LogP contribution < -0.4 is 10.9 Å². The number of rotatable bonds is 16. The molecule has 0 spiro atoms. The van der Waals surface area contributed by atoms with Gasteiger partial charge in [-0.3, -0.25) is 0 Å². The van der Waals surface area contributed by atoms with E-state index in [1.165, 1.54) is 51.4 Å². The molecule has 2 rings (SSSR count). The van der Waals surface area contributed by atoms with Crippen LogP contribution in [0, 0.1) is 0 Å². The monoisotopic (exact) mass is 474 g/mol. The summed E-state index contributed by atoms with van der Waals surface area (Å²) in [6.07, 6.45) is 18.8. The third kappa shape index (κ3) is 14.7. The molecule has 1 aromatic rings. The van der Waals surface area contributed by atoms with Crippen molar-refractivity contribution < 1.29 is 19.1 Å². The molecule has 0 aliphatic carbocycles. The number of unbranched alkanes of at least 4 members (excludes halogenated alkanes) is 10. The number of hydrogen-bond donors (Lipinski definition) is 2. The molecular weight excluding hydrogens is 428 g/mol. The van der Waals surface area contributed by atoms with Crippen LogP contribution in [0.4, 0.5) is 0 Å². The fourth-order valence-electron chi connectivity index (χ4n) is 3.52. The van der Waals surface area contributed by atoms with E-state index >= 15 is 0 Å². The van der Waals surface area contributed by atoms with E-state index in [4.69, 9.17) is 9.47 Å². The van der Waals surface area contributed by atoms with E-state index < -0.39 is 11.9 Å². The fraction of sp³-hybridized carbons (Fsp3) is 0.643. The van der Waals surface area contributed by atoms with Gasteiger partial charge in [-0.25, -0.2) is 15.0 Å². The van der Waals surface area contributed by atoms with Crippen molar-refractivity contribution in [2.45, 2.75) is 97.3 Å². The molecule has 0 saturated carbocycles. The van der Waals surface area contributed by atoms with Crippen LogP contribution in [0.25, 0.3) is 0 Å². The second kappa shape index (κ2) is 21.2. The summed E-state index contributed by atoms with van der Waals surface area (Å²) >= 11 is 0. The highest BCUT2D eigenvalue weighted by Gasteiger charge is 2.18. The Bertz CT molecular complexity index is 634. The lowest BCUT2D eigenvalue weighted by Gasteiger charge is -2.10. The summed E-state index contributed by atoms with van der Waals surface area (Å²) in [6, 6.07) is 6.74. The third-order valence-electron chi connectivity index (χ3n) is 5.57. The Morgan fingerprint density at radius 1 is 0.735 bits per heavy atom. The number of esters is 2. The van der Waals surface area contributed by atoms with E-state index in [2.05, 4.69) is 30.8 Å². The zero-order chi connectivity index (χ0) is 24.7. The zero-order valence-electron chi connectivity index (χ0n) is 21.4. The van der Waals surface area contributed by atoms with Gasteiger partial charge in [0.1, 0.15) is 0 Å². The maximum Gasteiger partial charge on any atom is 0.339 e. The van der Waals surface area contributed by atoms with E-state index in [1.807, 2.05) is 6.20 Å². The van der Waals surface area contributed by atoms with Crippen LogP contribution >= 0.6 is 0 Å². The van der Waals surface area contributed by atoms with Crippen molar-refractivity contribution in [2.75, 3.05) is 19.8 Å². The average molecular weight is 475 g/mol. The summed E-state index contributed by atoms with van der Waals surface area (Å²) in [6.45, 7) is 6.23. The van der Waals surface area contributed by atoms with E-state index in [0.29, 0.717) is 24.3 Å². The van der Waals surface area contributed by atoms with Gasteiger partial charge in [-0.1, -0.05) is 96.3 Å². The molecule has 6 heteroatoms. The van der Waals surface area contributed by atoms with Gasteiger partial charge in [-0.15, -0.1) is 0 Å². The molecular formula is C28H46N2O4. The molecule has 0 aromatic heterocycles. The highest BCUT2D eigenvalue weighted by atomic mass is 16.5. The minimum absolute atomic E-state index is 0.293. The van der Waals surface area contributed by atoms with Gasteiger partial charge in [0, 0.05) is 12.7 Å². The predicted octanol–water partition coefficient (Wildman–Crippen LogP) is 6.72. The van der Waals surface area contributed by atoms with Crippen LogP contribution in [-0.2, 0) is 9.47 Å². The van der Waals surface area contributed by atoms with E-state index in [0.717, 1.165) is 38.6 Å². The molecule has 0 saturated heterocycles. The first-order valence-electron chi connectivity index (χ1n) is 13.3. The van der Waals surface area contributed by atoms with Gasteiger partial charge in [-0.2, -0.15) is 0 Å². The van der Waals surface area contributed by atoms with Gasteiger partial charge in [-0.05, 0) is 31.4 Å². The zero-order valence-corrected chi connectivity index (χ0v) is 21.4. The summed E-state index contributed by atoms with van der Waals surface area (Å²) in [5.41, 5.74) is 6.39. The number of carbonyl (C=O) groups is 2. The minimum atomic E-state index is -0.444. The molecule has 0 radical (unpaired) electrons. The summed E-state index contributed by atoms with van der Waals surface area (Å²) in [5.74, 6) is -0.888. The first-order valence-corrected chi connectivity index (χ1v) is 13.3. The van der Waals surface area contributed by atoms with Crippen molar-refractivity contribution in [3.63, 3.8) is 0 Å². The lowest BCUT2D eigenvalue weighted by molar-refractivity contribution is 0.0450. The Morgan fingerprint density at radius 3 is 1.56 bits per heavy atom. The van der Waals surface area contributed by atoms with Crippen LogP contribution in [0.1, 0.15) is 118 Å². The van der Waals surface area contributed by atoms with Crippen LogP contribution in [-0.4, -0.2) is 31.7 Å². The number of benzene rings is 1. The van der Waals surface area contributed by atoms with Crippen molar-refractivity contribution in [1.82, 2.24) is 10.9 Å². The third-order valence-corrected chi connectivity index (χ3v) is 5.57. The Balaban J connectivity index is 0.000000830. The molecule has 6 nitrogen and oxygen atoms in total. The summed E-state index contributed by atoms with van der Waals surface area (Å²) < 4.78 is 10.7. The van der Waals surface area contributed by atoms with Gasteiger partial charge in [0.25, 0.3) is 0 Å². The predicted molar refractivity (Wildman–Crippen MR) is 139 cm³/mol. The standard InChI is InChI=1S/C24H38O4.C4H8N2/c1-3-5-7-9-11-15-19-27-23(25)21-17-13-14-18-22(21)24(26)28-20-16-12-10-8-6-4-2;1-2-4-6-5-3-1/h13-14,17-18H,3-12,15-16,19-20H2,1-2H3;1,3,5-6H,2,4H2. The molecule has 0 amide bonds. The molecule has 0 atom stereocenters. The van der Waals surface area contributed by atoms with Crippen molar-refractivity contribution in [3.05, 3.63) is 47.7 Å². The first-order chi connectivity index (χ1) is 16.7. The number of ether oxygens (including phenoxy) is 2. The van der Waals surface area contributed by atoms with Gasteiger partial charge in [0.15, 0.2) is 0 Å². The molecule has 0 fully saturated rings. The van der Waals surface area contributed by atoms with Gasteiger partial charge >= 0.3 is 11.9 Å². The highest BCUT2D eigenvalue weighted by Crippen LogP contribution is 2.14. The van der Waals surface area contributed by atoms with Crippen LogP contribution in [0.3, 0.4) is 0 Å². The molecule has 1 aliphatic heterocycles. The van der Waals surface area contributed by atoms with Crippen LogP contribution in [0.2, 0.25) is 0 Å². The Kier molecular flexibility index (Phi) is 18.5. The number of nitrogens with one attached hydrogen (secondary N) is 2. The SMILES string of the molecule is C1=CNNCC1.CCCCCCCCOC(=O)c1ccccc1C(=O)OCCCCCCCC. The molecule has 1 heterocycles. The topological polar surface area (TPSA) is 76.7 Å². The van der Waals surface area contributed by atoms with Gasteiger partial charge in [0.05, 0.1) is 24.3 Å². The Morgan fingerprint density at radius 2 is 1.21 bits per heavy atom. The van der Waals surface area contributed by atoms with Gasteiger partial charge in [0.2, 0.25) is 0 Å². The largest absolute Gasteiger partial charge is 0.462 e. The molecule has 1 aliphatic rings. The van der Waals surface area contributed by atoms with E-state index in [1.54, 1.807) is 24.3 Å². The van der Waals surface area contributed by atoms with Crippen LogP contribution in [0.5, 0.6) is 0 Å². The highest BCUT2D eigenvalue weighted by molar-refractivity contribution is 6.03. The number of hydrazine groups is 1. The first kappa shape index (κ1) is 29.7.